The van der Waals surface area contributed by atoms with Gasteiger partial charge in [0.2, 0.25) is 11.3 Å². The van der Waals surface area contributed by atoms with E-state index in [0.29, 0.717) is 63.5 Å². The molecule has 0 fully saturated rings. The van der Waals surface area contributed by atoms with Crippen LogP contribution in [-0.2, 0) is 37.3 Å². The van der Waals surface area contributed by atoms with Gasteiger partial charge in [0.05, 0.1) is 19.8 Å². The van der Waals surface area contributed by atoms with Gasteiger partial charge in [-0.05, 0) is 141 Å². The lowest BCUT2D eigenvalue weighted by Gasteiger charge is -2.44. The van der Waals surface area contributed by atoms with E-state index in [2.05, 4.69) is 92.0 Å². The third kappa shape index (κ3) is 9.62. The molecule has 3 aromatic rings. The molecule has 64 heavy (non-hydrogen) atoms. The summed E-state index contributed by atoms with van der Waals surface area (Å²) in [5, 5.41) is 8.02. The Morgan fingerprint density at radius 1 is 0.938 bits per heavy atom. The van der Waals surface area contributed by atoms with Crippen molar-refractivity contribution in [3.63, 3.8) is 0 Å². The molecular weight excluding hydrogens is 803 g/mol. The number of nitrogens with zero attached hydrogens (tertiary/aromatic N) is 3. The van der Waals surface area contributed by atoms with Crippen molar-refractivity contribution in [1.29, 1.82) is 0 Å². The molecule has 3 amide bonds. The molecular formula is C53H74N5O6+. The number of nitrogens with one attached hydrogen (secondary N) is 2. The number of alkyl carbamates (subject to hydrolysis) is 1. The summed E-state index contributed by atoms with van der Waals surface area (Å²) in [5.41, 5.74) is 12.5. The van der Waals surface area contributed by atoms with Crippen LogP contribution in [0.4, 0.5) is 10.5 Å². The zero-order chi connectivity index (χ0) is 46.0. The lowest BCUT2D eigenvalue weighted by molar-refractivity contribution is -0.214. The van der Waals surface area contributed by atoms with Gasteiger partial charge in [0.15, 0.2) is 11.3 Å². The molecule has 1 atom stereocenters. The monoisotopic (exact) mass is 877 g/mol. The van der Waals surface area contributed by atoms with Crippen LogP contribution in [0.15, 0.2) is 42.5 Å². The third-order valence-corrected chi connectivity index (χ3v) is 14.1. The Hall–Kier alpha value is -4.74. The molecule has 11 nitrogen and oxygen atoms in total. The van der Waals surface area contributed by atoms with E-state index in [4.69, 9.17) is 14.2 Å². The Bertz CT molecular complexity index is 2380. The van der Waals surface area contributed by atoms with E-state index in [0.717, 1.165) is 57.3 Å². The molecule has 1 unspecified atom stereocenters. The van der Waals surface area contributed by atoms with Gasteiger partial charge < -0.3 is 34.6 Å². The van der Waals surface area contributed by atoms with Crippen molar-refractivity contribution in [3.8, 4) is 0 Å². The zero-order valence-electron chi connectivity index (χ0n) is 40.4. The van der Waals surface area contributed by atoms with E-state index in [1.165, 1.54) is 62.3 Å². The Morgan fingerprint density at radius 2 is 1.66 bits per heavy atom. The summed E-state index contributed by atoms with van der Waals surface area (Å²) in [4.78, 5) is 43.2. The van der Waals surface area contributed by atoms with Crippen molar-refractivity contribution < 1.29 is 28.6 Å². The minimum atomic E-state index is -0.797. The highest BCUT2D eigenvalue weighted by molar-refractivity contribution is 6.02. The lowest BCUT2D eigenvalue weighted by atomic mass is 9.64. The molecule has 0 bridgehead atoms. The average molecular weight is 877 g/mol. The smallest absolute Gasteiger partial charge is 0.406 e. The van der Waals surface area contributed by atoms with Crippen molar-refractivity contribution in [2.75, 3.05) is 71.5 Å². The number of hydrogen-bond donors (Lipinski definition) is 2. The highest BCUT2D eigenvalue weighted by Gasteiger charge is 2.43. The number of hydrogen-bond acceptors (Lipinski definition) is 7. The molecule has 4 aliphatic rings. The molecule has 0 aromatic heterocycles. The maximum Gasteiger partial charge on any atom is 0.406 e. The number of rotatable bonds is 17. The number of fused-ring (bicyclic) bond motifs is 4. The van der Waals surface area contributed by atoms with Crippen LogP contribution in [0, 0.1) is 0 Å². The minimum Gasteiger partial charge on any atom is -0.449 e. The molecule has 3 aliphatic heterocycles. The van der Waals surface area contributed by atoms with Gasteiger partial charge >= 0.3 is 6.09 Å². The molecule has 346 valence electrons. The summed E-state index contributed by atoms with van der Waals surface area (Å²) in [5.74, 6) is -0.486. The SMILES string of the molecule is CC[N+]1=c2cc3c(cc2C(C)CC1(C)C)=C(c1ccccc1C(=O)N(C)CCCC(=O)NCCCOC(C)(C)OCCCOC(=O)NC)c1cc2c4c(c1C3(C)C)CCCN4CCC2. The summed E-state index contributed by atoms with van der Waals surface area (Å²) in [7, 11) is 3.38. The number of benzene rings is 3. The Labute approximate surface area is 381 Å². The highest BCUT2D eigenvalue weighted by atomic mass is 16.7. The molecule has 11 heteroatoms. The molecule has 0 saturated carbocycles. The van der Waals surface area contributed by atoms with Gasteiger partial charge in [-0.25, -0.2) is 9.37 Å². The van der Waals surface area contributed by atoms with E-state index < -0.39 is 11.9 Å². The quantitative estimate of drug-likeness (QED) is 0.0859. The van der Waals surface area contributed by atoms with E-state index >= 15 is 0 Å². The van der Waals surface area contributed by atoms with Crippen molar-refractivity contribution >= 4 is 29.2 Å². The first-order chi connectivity index (χ1) is 30.5. The summed E-state index contributed by atoms with van der Waals surface area (Å²) in [6, 6.07) is 15.8. The van der Waals surface area contributed by atoms with Crippen LogP contribution in [-0.4, -0.2) is 101 Å². The van der Waals surface area contributed by atoms with Crippen molar-refractivity contribution in [1.82, 2.24) is 20.1 Å². The van der Waals surface area contributed by atoms with Crippen LogP contribution in [0.25, 0.3) is 5.57 Å². The first-order valence-electron chi connectivity index (χ1n) is 24.0. The maximum atomic E-state index is 14.7. The molecule has 0 spiro atoms. The van der Waals surface area contributed by atoms with Gasteiger partial charge in [-0.2, -0.15) is 0 Å². The van der Waals surface area contributed by atoms with Crippen molar-refractivity contribution in [2.24, 2.45) is 0 Å². The fourth-order valence-electron chi connectivity index (χ4n) is 11.2. The highest BCUT2D eigenvalue weighted by Crippen LogP contribution is 2.49. The Morgan fingerprint density at radius 3 is 2.39 bits per heavy atom. The molecule has 7 rings (SSSR count). The Kier molecular flexibility index (Phi) is 14.3. The van der Waals surface area contributed by atoms with Crippen LogP contribution in [0.3, 0.4) is 0 Å². The first-order valence-corrected chi connectivity index (χ1v) is 24.0. The molecule has 0 saturated heterocycles. The van der Waals surface area contributed by atoms with E-state index in [1.54, 1.807) is 4.90 Å². The van der Waals surface area contributed by atoms with Gasteiger partial charge in [0.25, 0.3) is 5.91 Å². The van der Waals surface area contributed by atoms with E-state index in [9.17, 15) is 14.4 Å². The average Bonchev–Trinajstić information content (AvgIpc) is 3.25. The largest absolute Gasteiger partial charge is 0.449 e. The van der Waals surface area contributed by atoms with Crippen LogP contribution >= 0.6 is 0 Å². The zero-order valence-corrected chi connectivity index (χ0v) is 40.4. The predicted molar refractivity (Wildman–Crippen MR) is 255 cm³/mol. The number of ether oxygens (including phenoxy) is 3. The minimum absolute atomic E-state index is 0.0342. The summed E-state index contributed by atoms with van der Waals surface area (Å²) in [6.07, 6.45) is 7.14. The Balaban J connectivity index is 1.11. The number of aryl methyl sites for hydroxylation is 1. The standard InChI is InChI=1S/C53H73N5O6/c1-11-58-44-33-43-41(32-40(44)35(2)34-51(58,3)4)46(42-31-36-19-14-26-57-27-15-22-39(48(36)57)47(42)52(43,5)6)37-20-12-13-21-38(37)49(60)56(10)25-16-23-45(59)55-24-17-29-63-53(7,8)64-30-18-28-62-50(61)54-9/h12-13,20-21,31-33,35H,11,14-19,22-30,34H2,1-10H3,(H-,54,55,59,61)/p+1. The molecule has 2 N–H and O–H groups in total. The summed E-state index contributed by atoms with van der Waals surface area (Å²) >= 11 is 0. The maximum absolute atomic E-state index is 14.7. The van der Waals surface area contributed by atoms with Crippen LogP contribution in [0.1, 0.15) is 156 Å². The second-order valence-corrected chi connectivity index (χ2v) is 20.0. The lowest BCUT2D eigenvalue weighted by Crippen LogP contribution is -2.53. The van der Waals surface area contributed by atoms with E-state index in [1.807, 2.05) is 33.0 Å². The summed E-state index contributed by atoms with van der Waals surface area (Å²) in [6.45, 7) is 23.2. The number of anilines is 1. The second kappa shape index (κ2) is 19.4. The topological polar surface area (TPSA) is 112 Å². The van der Waals surface area contributed by atoms with Gasteiger partial charge in [0.1, 0.15) is 6.54 Å². The van der Waals surface area contributed by atoms with Gasteiger partial charge in [-0.1, -0.05) is 39.0 Å². The number of carbonyl (C=O) groups is 3. The van der Waals surface area contributed by atoms with Crippen LogP contribution in [0.5, 0.6) is 0 Å². The predicted octanol–water partition coefficient (Wildman–Crippen LogP) is 6.94. The third-order valence-electron chi connectivity index (χ3n) is 14.1. The number of carbonyl (C=O) groups excluding carboxylic acids is 3. The van der Waals surface area contributed by atoms with Crippen LogP contribution in [0.2, 0.25) is 0 Å². The summed E-state index contributed by atoms with van der Waals surface area (Å²) < 4.78 is 19.3. The van der Waals surface area contributed by atoms with Crippen molar-refractivity contribution in [3.05, 3.63) is 97.5 Å². The van der Waals surface area contributed by atoms with Crippen LogP contribution < -0.4 is 30.7 Å². The fraction of sp³-hybridized carbons (Fsp3) is 0.585. The van der Waals surface area contributed by atoms with Gasteiger partial charge in [0, 0.05) is 87.8 Å². The molecule has 3 aromatic carbocycles. The first kappa shape index (κ1) is 47.2. The second-order valence-electron chi connectivity index (χ2n) is 20.0. The molecule has 3 heterocycles. The number of amides is 3. The normalized spacial score (nSPS) is 18.0. The molecule has 1 aliphatic carbocycles. The fourth-order valence-corrected chi connectivity index (χ4v) is 11.2. The van der Waals surface area contributed by atoms with Gasteiger partial charge in [-0.3, -0.25) is 9.59 Å². The van der Waals surface area contributed by atoms with Gasteiger partial charge in [-0.15, -0.1) is 0 Å². The molecule has 0 radical (unpaired) electrons. The van der Waals surface area contributed by atoms with E-state index in [-0.39, 0.29) is 29.4 Å². The van der Waals surface area contributed by atoms with Crippen molar-refractivity contribution in [2.45, 2.75) is 136 Å².